The maximum absolute atomic E-state index is 15.1. The third kappa shape index (κ3) is 11.3. The summed E-state index contributed by atoms with van der Waals surface area (Å²) in [5, 5.41) is 8.45. The van der Waals surface area contributed by atoms with E-state index in [4.69, 9.17) is 9.47 Å². The largest absolute Gasteiger partial charge is 0.457 e. The summed E-state index contributed by atoms with van der Waals surface area (Å²) in [5.74, 6) is -3.84. The Bertz CT molecular complexity index is 2430. The monoisotopic (exact) mass is 823 g/mol. The van der Waals surface area contributed by atoms with Gasteiger partial charge in [-0.2, -0.15) is 0 Å². The topological polar surface area (TPSA) is 169 Å². The highest BCUT2D eigenvalue weighted by Gasteiger charge is 2.28. The number of aromatic nitrogens is 2. The zero-order valence-corrected chi connectivity index (χ0v) is 33.5. The van der Waals surface area contributed by atoms with Crippen molar-refractivity contribution < 1.29 is 37.8 Å². The predicted octanol–water partition coefficient (Wildman–Crippen LogP) is 8.10. The Balaban J connectivity index is 1.16. The summed E-state index contributed by atoms with van der Waals surface area (Å²) in [7, 11) is 0. The highest BCUT2D eigenvalue weighted by atomic mass is 19.1. The number of H-pyrrole nitrogens is 1. The van der Waals surface area contributed by atoms with Crippen molar-refractivity contribution >= 4 is 46.4 Å². The van der Waals surface area contributed by atoms with Gasteiger partial charge < -0.3 is 30.4 Å². The average molecular weight is 824 g/mol. The van der Waals surface area contributed by atoms with E-state index in [0.717, 1.165) is 36.8 Å². The van der Waals surface area contributed by atoms with Crippen LogP contribution >= 0.6 is 0 Å². The number of nitrogens with zero attached hydrogens (tertiary/aromatic N) is 1. The van der Waals surface area contributed by atoms with Crippen LogP contribution in [0.5, 0.6) is 0 Å². The molecule has 1 atom stereocenters. The zero-order chi connectivity index (χ0) is 42.6. The molecule has 0 spiro atoms. The molecule has 1 saturated carbocycles. The number of esters is 2. The van der Waals surface area contributed by atoms with Gasteiger partial charge in [-0.3, -0.25) is 14.4 Å². The summed E-state index contributed by atoms with van der Waals surface area (Å²) in [6.07, 6.45) is 7.71. The van der Waals surface area contributed by atoms with Crippen LogP contribution in [0.1, 0.15) is 96.6 Å². The first kappa shape index (κ1) is 42.0. The molecule has 1 aliphatic carbocycles. The summed E-state index contributed by atoms with van der Waals surface area (Å²) in [5.41, 5.74) is 2.52. The number of aromatic amines is 1. The second-order valence-electron chi connectivity index (χ2n) is 15.1. The van der Waals surface area contributed by atoms with Gasteiger partial charge in [0.1, 0.15) is 25.1 Å². The molecule has 1 aromatic heterocycles. The maximum atomic E-state index is 15.1. The summed E-state index contributed by atoms with van der Waals surface area (Å²) >= 11 is 0. The van der Waals surface area contributed by atoms with Crippen molar-refractivity contribution in [3.05, 3.63) is 166 Å². The van der Waals surface area contributed by atoms with Gasteiger partial charge in [-0.05, 0) is 71.8 Å². The van der Waals surface area contributed by atoms with E-state index in [1.807, 2.05) is 12.1 Å². The molecule has 3 amide bonds. The van der Waals surface area contributed by atoms with Crippen LogP contribution < -0.4 is 16.0 Å². The van der Waals surface area contributed by atoms with Crippen molar-refractivity contribution in [1.82, 2.24) is 20.6 Å². The normalized spacial score (nSPS) is 13.4. The van der Waals surface area contributed by atoms with Gasteiger partial charge in [0.25, 0.3) is 11.8 Å². The van der Waals surface area contributed by atoms with E-state index in [9.17, 15) is 24.0 Å². The number of ether oxygens (including phenoxy) is 2. The van der Waals surface area contributed by atoms with Crippen molar-refractivity contribution in [2.75, 3.05) is 11.9 Å². The van der Waals surface area contributed by atoms with Crippen LogP contribution in [0.15, 0.2) is 122 Å². The van der Waals surface area contributed by atoms with E-state index in [-0.39, 0.29) is 53.1 Å². The van der Waals surface area contributed by atoms with Crippen LogP contribution in [0, 0.1) is 11.7 Å². The minimum absolute atomic E-state index is 0.00938. The lowest BCUT2D eigenvalue weighted by atomic mass is 9.99. The molecular weight excluding hydrogens is 778 g/mol. The number of halogens is 1. The van der Waals surface area contributed by atoms with Gasteiger partial charge >= 0.3 is 11.9 Å². The SMILES string of the molecule is O=C(OCc1ccccc1)c1cc(NC(=O)[C@H](Cc2ccccc2F)NC(=O)c2cc3nc[nH]c3cc2C(=O)NCC2CCCCCC2)cc(C(=O)OCc2ccccc2)c1. The van der Waals surface area contributed by atoms with Gasteiger partial charge in [0, 0.05) is 18.7 Å². The second kappa shape index (κ2) is 20.2. The van der Waals surface area contributed by atoms with E-state index in [2.05, 4.69) is 25.9 Å². The number of anilines is 1. The van der Waals surface area contributed by atoms with E-state index in [1.165, 1.54) is 61.6 Å². The summed E-state index contributed by atoms with van der Waals surface area (Å²) in [4.78, 5) is 76.4. The fraction of sp³-hybridized carbons (Fsp3) is 0.250. The van der Waals surface area contributed by atoms with Gasteiger partial charge in [-0.25, -0.2) is 19.0 Å². The number of nitrogens with one attached hydrogen (secondary N) is 4. The fourth-order valence-electron chi connectivity index (χ4n) is 7.36. The lowest BCUT2D eigenvalue weighted by Crippen LogP contribution is -2.46. The maximum Gasteiger partial charge on any atom is 0.338 e. The van der Waals surface area contributed by atoms with Crippen molar-refractivity contribution in [1.29, 1.82) is 0 Å². The molecule has 4 N–H and O–H groups in total. The molecule has 1 fully saturated rings. The first-order valence-electron chi connectivity index (χ1n) is 20.4. The lowest BCUT2D eigenvalue weighted by molar-refractivity contribution is -0.118. The molecule has 12 nitrogen and oxygen atoms in total. The molecular formula is C48H46FN5O7. The summed E-state index contributed by atoms with van der Waals surface area (Å²) in [6.45, 7) is 0.358. The fourth-order valence-corrected chi connectivity index (χ4v) is 7.36. The van der Waals surface area contributed by atoms with Crippen molar-refractivity contribution in [3.63, 3.8) is 0 Å². The molecule has 61 heavy (non-hydrogen) atoms. The Morgan fingerprint density at radius 2 is 1.30 bits per heavy atom. The first-order chi connectivity index (χ1) is 29.7. The van der Waals surface area contributed by atoms with E-state index in [0.29, 0.717) is 23.5 Å². The van der Waals surface area contributed by atoms with Crippen LogP contribution in [-0.4, -0.2) is 52.2 Å². The molecule has 0 radical (unpaired) electrons. The third-order valence-electron chi connectivity index (χ3n) is 10.7. The van der Waals surface area contributed by atoms with Crippen LogP contribution in [-0.2, 0) is 33.9 Å². The number of carbonyl (C=O) groups is 5. The first-order valence-corrected chi connectivity index (χ1v) is 20.4. The Morgan fingerprint density at radius 3 is 1.92 bits per heavy atom. The van der Waals surface area contributed by atoms with Gasteiger partial charge in [0.15, 0.2) is 0 Å². The molecule has 1 aliphatic rings. The Labute approximate surface area is 352 Å². The quantitative estimate of drug-likeness (QED) is 0.0595. The number of hydrogen-bond acceptors (Lipinski definition) is 8. The Kier molecular flexibility index (Phi) is 13.9. The van der Waals surface area contributed by atoms with Crippen molar-refractivity contribution in [3.8, 4) is 0 Å². The number of amides is 3. The highest BCUT2D eigenvalue weighted by Crippen LogP contribution is 2.24. The predicted molar refractivity (Wildman–Crippen MR) is 227 cm³/mol. The molecule has 7 rings (SSSR count). The summed E-state index contributed by atoms with van der Waals surface area (Å²) in [6, 6.07) is 29.5. The number of imidazole rings is 1. The summed E-state index contributed by atoms with van der Waals surface area (Å²) < 4.78 is 26.2. The molecule has 6 aromatic rings. The van der Waals surface area contributed by atoms with Gasteiger partial charge in [0.05, 0.1) is 39.6 Å². The number of fused-ring (bicyclic) bond motifs is 1. The van der Waals surface area contributed by atoms with Crippen molar-refractivity contribution in [2.24, 2.45) is 5.92 Å². The average Bonchev–Trinajstić information content (AvgIpc) is 3.59. The molecule has 312 valence electrons. The van der Waals surface area contributed by atoms with E-state index < -0.39 is 41.5 Å². The Hall–Kier alpha value is -7.15. The molecule has 13 heteroatoms. The van der Waals surface area contributed by atoms with Gasteiger partial charge in [-0.15, -0.1) is 0 Å². The number of rotatable bonds is 15. The van der Waals surface area contributed by atoms with Gasteiger partial charge in [0.2, 0.25) is 5.91 Å². The standard InChI is InChI=1S/C48H46FN5O7/c49-40-20-12-11-19-34(40)24-43(54-45(56)39-26-42-41(51-30-52-42)25-38(39)44(55)50-27-31-13-5-1-2-6-14-31)46(57)53-37-22-35(47(58)60-28-32-15-7-3-8-16-32)21-36(23-37)48(59)61-29-33-17-9-4-10-18-33/h3-4,7-12,15-23,25-26,30-31,43H,1-2,5-6,13-14,24,27-29H2,(H,50,55)(H,51,52)(H,53,57)(H,54,56)/t43-/m0/s1. The van der Waals surface area contributed by atoms with Crippen LogP contribution in [0.2, 0.25) is 0 Å². The lowest BCUT2D eigenvalue weighted by Gasteiger charge is -2.21. The molecule has 0 aliphatic heterocycles. The minimum Gasteiger partial charge on any atom is -0.457 e. The second-order valence-corrected chi connectivity index (χ2v) is 15.1. The smallest absolute Gasteiger partial charge is 0.338 e. The van der Waals surface area contributed by atoms with Crippen LogP contribution in [0.3, 0.4) is 0 Å². The van der Waals surface area contributed by atoms with E-state index >= 15 is 4.39 Å². The van der Waals surface area contributed by atoms with Crippen LogP contribution in [0.25, 0.3) is 11.0 Å². The van der Waals surface area contributed by atoms with Crippen molar-refractivity contribution in [2.45, 2.75) is 64.2 Å². The number of carbonyl (C=O) groups excluding carboxylic acids is 5. The third-order valence-corrected chi connectivity index (χ3v) is 10.7. The molecule has 1 heterocycles. The number of benzene rings is 5. The minimum atomic E-state index is -1.41. The molecule has 0 saturated heterocycles. The molecule has 0 bridgehead atoms. The zero-order valence-electron chi connectivity index (χ0n) is 33.5. The highest BCUT2D eigenvalue weighted by molar-refractivity contribution is 6.11. The molecule has 0 unspecified atom stereocenters. The Morgan fingerprint density at radius 1 is 0.705 bits per heavy atom. The number of hydrogen-bond donors (Lipinski definition) is 4. The van der Waals surface area contributed by atoms with Crippen LogP contribution in [0.4, 0.5) is 10.1 Å². The van der Waals surface area contributed by atoms with Gasteiger partial charge in [-0.1, -0.05) is 105 Å². The molecule has 5 aromatic carbocycles. The van der Waals surface area contributed by atoms with E-state index in [1.54, 1.807) is 60.7 Å².